The summed E-state index contributed by atoms with van der Waals surface area (Å²) in [7, 11) is 0. The van der Waals surface area contributed by atoms with E-state index in [1.165, 1.54) is 0 Å². The lowest BCUT2D eigenvalue weighted by atomic mass is 10.3. The van der Waals surface area contributed by atoms with Gasteiger partial charge in [-0.1, -0.05) is 6.58 Å². The maximum atomic E-state index is 10.6. The van der Waals surface area contributed by atoms with E-state index in [4.69, 9.17) is 14.9 Å². The zero-order valence-corrected chi connectivity index (χ0v) is 8.33. The van der Waals surface area contributed by atoms with Crippen molar-refractivity contribution in [3.8, 4) is 0 Å². The first-order valence-electron chi connectivity index (χ1n) is 4.44. The second-order valence-corrected chi connectivity index (χ2v) is 2.81. The molecule has 0 saturated heterocycles. The van der Waals surface area contributed by atoms with Gasteiger partial charge in [0.15, 0.2) is 0 Å². The van der Waals surface area contributed by atoms with Gasteiger partial charge in [-0.15, -0.1) is 0 Å². The Labute approximate surface area is 87.7 Å². The van der Waals surface area contributed by atoms with Gasteiger partial charge < -0.3 is 24.8 Å². The highest BCUT2D eigenvalue weighted by molar-refractivity contribution is 5.81. The maximum absolute atomic E-state index is 10.6. The Kier molecular flexibility index (Phi) is 7.84. The van der Waals surface area contributed by atoms with Crippen LogP contribution < -0.4 is 0 Å². The SMILES string of the molecule is C=CC(=O)OCC(O)COC(CO)CO. The fraction of sp³-hybridized carbons (Fsp3) is 0.667. The Morgan fingerprint density at radius 1 is 1.33 bits per heavy atom. The fourth-order valence-electron chi connectivity index (χ4n) is 0.696. The molecule has 3 N–H and O–H groups in total. The first-order chi connectivity index (χ1) is 7.13. The molecule has 6 heteroatoms. The van der Waals surface area contributed by atoms with Gasteiger partial charge >= 0.3 is 5.97 Å². The molecule has 0 rings (SSSR count). The van der Waals surface area contributed by atoms with E-state index in [0.29, 0.717) is 0 Å². The minimum atomic E-state index is -0.991. The van der Waals surface area contributed by atoms with Crippen LogP contribution in [0.1, 0.15) is 0 Å². The fourth-order valence-corrected chi connectivity index (χ4v) is 0.696. The molecule has 0 spiro atoms. The zero-order chi connectivity index (χ0) is 11.7. The Morgan fingerprint density at radius 3 is 2.40 bits per heavy atom. The lowest BCUT2D eigenvalue weighted by Crippen LogP contribution is -2.30. The van der Waals surface area contributed by atoms with Crippen molar-refractivity contribution in [2.75, 3.05) is 26.4 Å². The van der Waals surface area contributed by atoms with Crippen molar-refractivity contribution in [3.05, 3.63) is 12.7 Å². The number of ether oxygens (including phenoxy) is 2. The molecule has 0 aromatic rings. The topological polar surface area (TPSA) is 96.2 Å². The summed E-state index contributed by atoms with van der Waals surface area (Å²) in [6, 6.07) is 0. The number of hydrogen-bond donors (Lipinski definition) is 3. The summed E-state index contributed by atoms with van der Waals surface area (Å²) < 4.78 is 9.44. The summed E-state index contributed by atoms with van der Waals surface area (Å²) in [6.07, 6.45) is -0.734. The predicted molar refractivity (Wildman–Crippen MR) is 51.1 cm³/mol. The third kappa shape index (κ3) is 7.03. The number of esters is 1. The Morgan fingerprint density at radius 2 is 1.93 bits per heavy atom. The zero-order valence-electron chi connectivity index (χ0n) is 8.33. The smallest absolute Gasteiger partial charge is 0.330 e. The molecule has 88 valence electrons. The summed E-state index contributed by atoms with van der Waals surface area (Å²) in [6.45, 7) is 2.17. The van der Waals surface area contributed by atoms with E-state index < -0.39 is 18.2 Å². The summed E-state index contributed by atoms with van der Waals surface area (Å²) in [5, 5.41) is 26.5. The van der Waals surface area contributed by atoms with E-state index in [0.717, 1.165) is 6.08 Å². The molecule has 1 unspecified atom stereocenters. The number of hydrogen-bond acceptors (Lipinski definition) is 6. The normalized spacial score (nSPS) is 12.5. The molecular weight excluding hydrogens is 204 g/mol. The van der Waals surface area contributed by atoms with Gasteiger partial charge in [0.05, 0.1) is 19.8 Å². The van der Waals surface area contributed by atoms with Crippen molar-refractivity contribution in [3.63, 3.8) is 0 Å². The molecule has 0 amide bonds. The van der Waals surface area contributed by atoms with Crippen LogP contribution in [0.3, 0.4) is 0 Å². The quantitative estimate of drug-likeness (QED) is 0.338. The van der Waals surface area contributed by atoms with Gasteiger partial charge in [-0.05, 0) is 0 Å². The van der Waals surface area contributed by atoms with E-state index in [-0.39, 0.29) is 26.4 Å². The molecule has 0 fully saturated rings. The number of aliphatic hydroxyl groups excluding tert-OH is 3. The van der Waals surface area contributed by atoms with Crippen LogP contribution in [-0.2, 0) is 14.3 Å². The van der Waals surface area contributed by atoms with Crippen molar-refractivity contribution in [1.29, 1.82) is 0 Å². The van der Waals surface area contributed by atoms with Crippen molar-refractivity contribution in [2.45, 2.75) is 12.2 Å². The molecule has 0 bridgehead atoms. The van der Waals surface area contributed by atoms with E-state index in [9.17, 15) is 9.90 Å². The molecule has 0 saturated carbocycles. The standard InChI is InChI=1S/C9H16O6/c1-2-9(13)15-6-7(12)5-14-8(3-10)4-11/h2,7-8,10-12H,1,3-6H2. The third-order valence-electron chi connectivity index (χ3n) is 1.52. The first kappa shape index (κ1) is 14.1. The predicted octanol–water partition coefficient (Wildman–Crippen LogP) is -1.55. The van der Waals surface area contributed by atoms with Crippen LogP contribution in [-0.4, -0.2) is 59.9 Å². The van der Waals surface area contributed by atoms with Gasteiger partial charge in [0, 0.05) is 6.08 Å². The highest BCUT2D eigenvalue weighted by Gasteiger charge is 2.11. The van der Waals surface area contributed by atoms with Gasteiger partial charge in [-0.25, -0.2) is 4.79 Å². The highest BCUT2D eigenvalue weighted by Crippen LogP contribution is 1.94. The molecule has 1 atom stereocenters. The minimum absolute atomic E-state index is 0.129. The second-order valence-electron chi connectivity index (χ2n) is 2.81. The van der Waals surface area contributed by atoms with Crippen LogP contribution in [0.2, 0.25) is 0 Å². The molecule has 0 aromatic carbocycles. The molecule has 15 heavy (non-hydrogen) atoms. The van der Waals surface area contributed by atoms with Gasteiger partial charge in [0.2, 0.25) is 0 Å². The Hall–Kier alpha value is -0.950. The first-order valence-corrected chi connectivity index (χ1v) is 4.44. The van der Waals surface area contributed by atoms with Crippen LogP contribution in [0.5, 0.6) is 0 Å². The maximum Gasteiger partial charge on any atom is 0.330 e. The van der Waals surface area contributed by atoms with Crippen molar-refractivity contribution in [1.82, 2.24) is 0 Å². The van der Waals surface area contributed by atoms with Crippen molar-refractivity contribution < 1.29 is 29.6 Å². The van der Waals surface area contributed by atoms with E-state index in [1.807, 2.05) is 0 Å². The van der Waals surface area contributed by atoms with Gasteiger partial charge in [0.25, 0.3) is 0 Å². The summed E-state index contributed by atoms with van der Waals surface area (Å²) in [5.41, 5.74) is 0. The summed E-state index contributed by atoms with van der Waals surface area (Å²) >= 11 is 0. The molecule has 0 radical (unpaired) electrons. The van der Waals surface area contributed by atoms with Crippen LogP contribution in [0.25, 0.3) is 0 Å². The van der Waals surface area contributed by atoms with E-state index in [1.54, 1.807) is 0 Å². The molecule has 0 heterocycles. The van der Waals surface area contributed by atoms with Crippen molar-refractivity contribution in [2.24, 2.45) is 0 Å². The number of carbonyl (C=O) groups excluding carboxylic acids is 1. The highest BCUT2D eigenvalue weighted by atomic mass is 16.6. The lowest BCUT2D eigenvalue weighted by Gasteiger charge is -2.15. The Bertz CT molecular complexity index is 189. The Balaban J connectivity index is 3.60. The summed E-state index contributed by atoms with van der Waals surface area (Å²) in [4.78, 5) is 10.6. The van der Waals surface area contributed by atoms with Gasteiger partial charge in [-0.3, -0.25) is 0 Å². The number of rotatable bonds is 8. The monoisotopic (exact) mass is 220 g/mol. The second kappa shape index (κ2) is 8.37. The lowest BCUT2D eigenvalue weighted by molar-refractivity contribution is -0.143. The van der Waals surface area contributed by atoms with Crippen LogP contribution in [0, 0.1) is 0 Å². The molecular formula is C9H16O6. The van der Waals surface area contributed by atoms with E-state index >= 15 is 0 Å². The third-order valence-corrected chi connectivity index (χ3v) is 1.52. The van der Waals surface area contributed by atoms with Crippen LogP contribution >= 0.6 is 0 Å². The number of aliphatic hydroxyl groups is 3. The summed E-state index contributed by atoms with van der Waals surface area (Å²) in [5.74, 6) is -0.630. The van der Waals surface area contributed by atoms with Crippen molar-refractivity contribution >= 4 is 5.97 Å². The number of carbonyl (C=O) groups is 1. The molecule has 0 aliphatic heterocycles. The molecule has 0 aromatic heterocycles. The van der Waals surface area contributed by atoms with Crippen LogP contribution in [0.15, 0.2) is 12.7 Å². The average Bonchev–Trinajstić information content (AvgIpc) is 2.27. The molecule has 6 nitrogen and oxygen atoms in total. The van der Waals surface area contributed by atoms with Gasteiger partial charge in [-0.2, -0.15) is 0 Å². The molecule has 0 aliphatic carbocycles. The average molecular weight is 220 g/mol. The molecule has 0 aliphatic rings. The van der Waals surface area contributed by atoms with Gasteiger partial charge in [0.1, 0.15) is 18.8 Å². The minimum Gasteiger partial charge on any atom is -0.460 e. The van der Waals surface area contributed by atoms with Crippen LogP contribution in [0.4, 0.5) is 0 Å². The largest absolute Gasteiger partial charge is 0.460 e. The van der Waals surface area contributed by atoms with E-state index in [2.05, 4.69) is 11.3 Å².